The number of ether oxygens (including phenoxy) is 1. The van der Waals surface area contributed by atoms with Gasteiger partial charge in [-0.2, -0.15) is 0 Å². The Hall–Kier alpha value is -0.770. The number of amides is 1. The van der Waals surface area contributed by atoms with Gasteiger partial charge in [0.2, 0.25) is 11.4 Å². The molecule has 0 radical (unpaired) electrons. The Balaban J connectivity index is 2.34. The van der Waals surface area contributed by atoms with Crippen LogP contribution in [0.3, 0.4) is 0 Å². The van der Waals surface area contributed by atoms with Crippen molar-refractivity contribution >= 4 is 23.5 Å². The number of rotatable bonds is 4. The number of carbonyl (C=O) groups is 2. The summed E-state index contributed by atoms with van der Waals surface area (Å²) in [5.74, 6) is -0.717. The van der Waals surface area contributed by atoms with Crippen LogP contribution in [-0.4, -0.2) is 24.0 Å². The lowest BCUT2D eigenvalue weighted by Gasteiger charge is -2.21. The van der Waals surface area contributed by atoms with E-state index in [1.165, 1.54) is 6.42 Å². The van der Waals surface area contributed by atoms with Gasteiger partial charge in [0, 0.05) is 5.92 Å². The van der Waals surface area contributed by atoms with Gasteiger partial charge in [-0.05, 0) is 19.8 Å². The van der Waals surface area contributed by atoms with Gasteiger partial charge in [0.1, 0.15) is 0 Å². The van der Waals surface area contributed by atoms with E-state index in [2.05, 4.69) is 5.32 Å². The summed E-state index contributed by atoms with van der Waals surface area (Å²) in [6.07, 6.45) is 5.11. The van der Waals surface area contributed by atoms with Gasteiger partial charge >= 0.3 is 5.97 Å². The van der Waals surface area contributed by atoms with E-state index in [0.717, 1.165) is 25.7 Å². The lowest BCUT2D eigenvalue weighted by molar-refractivity contribution is -0.145. The third-order valence-electron chi connectivity index (χ3n) is 2.74. The highest BCUT2D eigenvalue weighted by Crippen LogP contribution is 2.23. The van der Waals surface area contributed by atoms with Crippen LogP contribution in [0.1, 0.15) is 39.0 Å². The SMILES string of the molecule is CCOC(=O)C(Cl)NC(=O)C1CCCCC1. The van der Waals surface area contributed by atoms with Gasteiger partial charge in [-0.25, -0.2) is 4.79 Å². The minimum Gasteiger partial charge on any atom is -0.464 e. The molecule has 0 aliphatic heterocycles. The molecule has 1 saturated carbocycles. The summed E-state index contributed by atoms with van der Waals surface area (Å²) in [6, 6.07) is 0. The van der Waals surface area contributed by atoms with Crippen LogP contribution in [0.2, 0.25) is 0 Å². The number of hydrogen-bond acceptors (Lipinski definition) is 3. The van der Waals surface area contributed by atoms with E-state index in [-0.39, 0.29) is 18.4 Å². The molecule has 0 spiro atoms. The standard InChI is InChI=1S/C11H18ClNO3/c1-2-16-11(15)9(12)13-10(14)8-6-4-3-5-7-8/h8-9H,2-7H2,1H3,(H,13,14). The van der Waals surface area contributed by atoms with Crippen LogP contribution in [0.5, 0.6) is 0 Å². The molecule has 1 atom stereocenters. The second kappa shape index (κ2) is 6.74. The van der Waals surface area contributed by atoms with Crippen LogP contribution in [-0.2, 0) is 14.3 Å². The molecule has 1 aliphatic rings. The van der Waals surface area contributed by atoms with Gasteiger partial charge in [-0.15, -0.1) is 0 Å². The number of esters is 1. The zero-order valence-electron chi connectivity index (χ0n) is 9.50. The molecule has 16 heavy (non-hydrogen) atoms. The van der Waals surface area contributed by atoms with Crippen LogP contribution in [0.4, 0.5) is 0 Å². The molecule has 4 nitrogen and oxygen atoms in total. The topological polar surface area (TPSA) is 55.4 Å². The lowest BCUT2D eigenvalue weighted by atomic mass is 9.89. The Labute approximate surface area is 101 Å². The number of carbonyl (C=O) groups excluding carboxylic acids is 2. The summed E-state index contributed by atoms with van der Waals surface area (Å²) in [5.41, 5.74) is -1.06. The number of halogens is 1. The predicted molar refractivity (Wildman–Crippen MR) is 61.0 cm³/mol. The van der Waals surface area contributed by atoms with Crippen molar-refractivity contribution in [2.45, 2.75) is 44.5 Å². The highest BCUT2D eigenvalue weighted by atomic mass is 35.5. The molecule has 0 aromatic heterocycles. The van der Waals surface area contributed by atoms with Crippen molar-refractivity contribution in [1.82, 2.24) is 5.32 Å². The van der Waals surface area contributed by atoms with Gasteiger partial charge in [0.15, 0.2) is 0 Å². The Bertz CT molecular complexity index is 252. The Kier molecular flexibility index (Phi) is 5.60. The second-order valence-electron chi connectivity index (χ2n) is 3.96. The summed E-state index contributed by atoms with van der Waals surface area (Å²) in [5, 5.41) is 2.49. The van der Waals surface area contributed by atoms with Gasteiger partial charge in [0.05, 0.1) is 6.61 Å². The van der Waals surface area contributed by atoms with Crippen molar-refractivity contribution in [2.24, 2.45) is 5.92 Å². The normalized spacial score (nSPS) is 18.9. The zero-order chi connectivity index (χ0) is 12.0. The smallest absolute Gasteiger partial charge is 0.344 e. The van der Waals surface area contributed by atoms with Crippen molar-refractivity contribution in [1.29, 1.82) is 0 Å². The van der Waals surface area contributed by atoms with E-state index in [9.17, 15) is 9.59 Å². The quantitative estimate of drug-likeness (QED) is 0.468. The monoisotopic (exact) mass is 247 g/mol. The molecule has 1 N–H and O–H groups in total. The van der Waals surface area contributed by atoms with Crippen molar-refractivity contribution in [3.05, 3.63) is 0 Å². The number of hydrogen-bond donors (Lipinski definition) is 1. The van der Waals surface area contributed by atoms with Gasteiger partial charge < -0.3 is 10.1 Å². The Morgan fingerprint density at radius 3 is 2.56 bits per heavy atom. The molecule has 1 aliphatic carbocycles. The van der Waals surface area contributed by atoms with Crippen LogP contribution in [0.15, 0.2) is 0 Å². The van der Waals surface area contributed by atoms with Crippen molar-refractivity contribution in [3.63, 3.8) is 0 Å². The first-order chi connectivity index (χ1) is 7.65. The third-order valence-corrected chi connectivity index (χ3v) is 3.03. The van der Waals surface area contributed by atoms with E-state index < -0.39 is 11.5 Å². The molecular weight excluding hydrogens is 230 g/mol. The molecule has 0 aromatic carbocycles. The van der Waals surface area contributed by atoms with Crippen LogP contribution >= 0.6 is 11.6 Å². The number of nitrogens with one attached hydrogen (secondary N) is 1. The van der Waals surface area contributed by atoms with Crippen LogP contribution in [0.25, 0.3) is 0 Å². The molecule has 1 amide bonds. The Morgan fingerprint density at radius 1 is 1.38 bits per heavy atom. The van der Waals surface area contributed by atoms with Gasteiger partial charge in [0.25, 0.3) is 0 Å². The second-order valence-corrected chi connectivity index (χ2v) is 4.39. The highest BCUT2D eigenvalue weighted by molar-refractivity contribution is 6.30. The minimum absolute atomic E-state index is 0.00410. The Morgan fingerprint density at radius 2 is 2.00 bits per heavy atom. The van der Waals surface area contributed by atoms with Gasteiger partial charge in [-0.1, -0.05) is 30.9 Å². The van der Waals surface area contributed by atoms with Gasteiger partial charge in [-0.3, -0.25) is 4.79 Å². The maximum absolute atomic E-state index is 11.7. The van der Waals surface area contributed by atoms with E-state index in [1.807, 2.05) is 0 Å². The summed E-state index contributed by atoms with van der Waals surface area (Å²) in [6.45, 7) is 1.96. The largest absolute Gasteiger partial charge is 0.464 e. The fraction of sp³-hybridized carbons (Fsp3) is 0.818. The average Bonchev–Trinajstić information content (AvgIpc) is 2.30. The minimum atomic E-state index is -1.06. The zero-order valence-corrected chi connectivity index (χ0v) is 10.3. The molecule has 1 unspecified atom stereocenters. The van der Waals surface area contributed by atoms with E-state index in [1.54, 1.807) is 6.92 Å². The first-order valence-electron chi connectivity index (χ1n) is 5.76. The van der Waals surface area contributed by atoms with E-state index in [4.69, 9.17) is 16.3 Å². The summed E-state index contributed by atoms with van der Waals surface area (Å²) >= 11 is 5.72. The van der Waals surface area contributed by atoms with Crippen LogP contribution in [0, 0.1) is 5.92 Å². The molecule has 92 valence electrons. The highest BCUT2D eigenvalue weighted by Gasteiger charge is 2.25. The summed E-state index contributed by atoms with van der Waals surface area (Å²) < 4.78 is 4.71. The molecule has 1 fully saturated rings. The summed E-state index contributed by atoms with van der Waals surface area (Å²) in [7, 11) is 0. The van der Waals surface area contributed by atoms with E-state index >= 15 is 0 Å². The van der Waals surface area contributed by atoms with Crippen molar-refractivity contribution in [3.8, 4) is 0 Å². The van der Waals surface area contributed by atoms with E-state index in [0.29, 0.717) is 0 Å². The third kappa shape index (κ3) is 4.00. The fourth-order valence-corrected chi connectivity index (χ4v) is 2.05. The molecule has 0 saturated heterocycles. The first kappa shape index (κ1) is 13.3. The molecule has 0 bridgehead atoms. The predicted octanol–water partition coefficient (Wildman–Crippen LogP) is 1.81. The van der Waals surface area contributed by atoms with Crippen LogP contribution < -0.4 is 5.32 Å². The maximum atomic E-state index is 11.7. The first-order valence-corrected chi connectivity index (χ1v) is 6.20. The maximum Gasteiger partial charge on any atom is 0.344 e. The molecule has 0 aromatic rings. The van der Waals surface area contributed by atoms with Crippen molar-refractivity contribution in [2.75, 3.05) is 6.61 Å². The fourth-order valence-electron chi connectivity index (χ4n) is 1.88. The molecular formula is C11H18ClNO3. The molecule has 1 rings (SSSR count). The number of alkyl halides is 1. The average molecular weight is 248 g/mol. The summed E-state index contributed by atoms with van der Waals surface area (Å²) in [4.78, 5) is 22.9. The molecule has 0 heterocycles. The lowest BCUT2D eigenvalue weighted by Crippen LogP contribution is -2.41. The van der Waals surface area contributed by atoms with Crippen molar-refractivity contribution < 1.29 is 14.3 Å². The molecule has 5 heteroatoms.